The summed E-state index contributed by atoms with van der Waals surface area (Å²) in [7, 11) is 0. The van der Waals surface area contributed by atoms with E-state index < -0.39 is 0 Å². The average Bonchev–Trinajstić information content (AvgIpc) is 3.14. The third kappa shape index (κ3) is 3.56. The summed E-state index contributed by atoms with van der Waals surface area (Å²) in [6.45, 7) is 1.86. The molecule has 1 saturated heterocycles. The Labute approximate surface area is 148 Å². The highest BCUT2D eigenvalue weighted by Gasteiger charge is 2.28. The van der Waals surface area contributed by atoms with Crippen molar-refractivity contribution in [3.63, 3.8) is 0 Å². The number of aryl methyl sites for hydroxylation is 3. The van der Waals surface area contributed by atoms with Crippen molar-refractivity contribution >= 4 is 5.91 Å². The summed E-state index contributed by atoms with van der Waals surface area (Å²) in [5.74, 6) is 0.127. The molecule has 0 spiro atoms. The SMILES string of the molecule is O=C(c1ccc2c(c1)CCC2)N1CCOC[C@@H]1CCc1cnccn1. The van der Waals surface area contributed by atoms with Crippen molar-refractivity contribution in [3.05, 3.63) is 59.2 Å². The molecule has 1 aliphatic carbocycles. The van der Waals surface area contributed by atoms with Crippen molar-refractivity contribution in [1.82, 2.24) is 14.9 Å². The first kappa shape index (κ1) is 16.2. The van der Waals surface area contributed by atoms with Crippen LogP contribution < -0.4 is 0 Å². The minimum atomic E-state index is 0.0940. The molecule has 1 atom stereocenters. The van der Waals surface area contributed by atoms with Crippen molar-refractivity contribution in [2.45, 2.75) is 38.1 Å². The van der Waals surface area contributed by atoms with Gasteiger partial charge in [0, 0.05) is 30.7 Å². The molecule has 2 heterocycles. The second-order valence-electron chi connectivity index (χ2n) is 6.80. The minimum absolute atomic E-state index is 0.0940. The Balaban J connectivity index is 1.47. The Bertz CT molecular complexity index is 748. The molecule has 5 heteroatoms. The van der Waals surface area contributed by atoms with E-state index in [1.807, 2.05) is 11.0 Å². The molecule has 4 rings (SSSR count). The molecule has 0 bridgehead atoms. The van der Waals surface area contributed by atoms with Crippen LogP contribution in [0.2, 0.25) is 0 Å². The smallest absolute Gasteiger partial charge is 0.254 e. The Morgan fingerprint density at radius 1 is 1.24 bits per heavy atom. The monoisotopic (exact) mass is 337 g/mol. The van der Waals surface area contributed by atoms with Crippen LogP contribution in [0.3, 0.4) is 0 Å². The van der Waals surface area contributed by atoms with E-state index >= 15 is 0 Å². The fourth-order valence-electron chi connectivity index (χ4n) is 3.81. The van der Waals surface area contributed by atoms with Crippen molar-refractivity contribution in [1.29, 1.82) is 0 Å². The predicted octanol–water partition coefficient (Wildman–Crippen LogP) is 2.44. The van der Waals surface area contributed by atoms with E-state index in [1.54, 1.807) is 18.6 Å². The highest BCUT2D eigenvalue weighted by molar-refractivity contribution is 5.94. The first-order valence-electron chi connectivity index (χ1n) is 9.06. The zero-order chi connectivity index (χ0) is 17.1. The highest BCUT2D eigenvalue weighted by Crippen LogP contribution is 2.24. The molecule has 0 unspecified atom stereocenters. The van der Waals surface area contributed by atoms with Gasteiger partial charge in [-0.15, -0.1) is 0 Å². The van der Waals surface area contributed by atoms with Gasteiger partial charge >= 0.3 is 0 Å². The molecule has 2 aromatic rings. The maximum Gasteiger partial charge on any atom is 0.254 e. The first-order chi connectivity index (χ1) is 12.3. The van der Waals surface area contributed by atoms with Gasteiger partial charge < -0.3 is 9.64 Å². The number of amides is 1. The number of carbonyl (C=O) groups is 1. The van der Waals surface area contributed by atoms with Gasteiger partial charge in [-0.3, -0.25) is 14.8 Å². The molecule has 5 nitrogen and oxygen atoms in total. The van der Waals surface area contributed by atoms with E-state index in [0.29, 0.717) is 19.8 Å². The number of benzene rings is 1. The molecule has 0 N–H and O–H groups in total. The van der Waals surface area contributed by atoms with Crippen LogP contribution in [0.5, 0.6) is 0 Å². The summed E-state index contributed by atoms with van der Waals surface area (Å²) in [6.07, 6.45) is 10.3. The molecular weight excluding hydrogens is 314 g/mol. The van der Waals surface area contributed by atoms with E-state index in [1.165, 1.54) is 17.5 Å². The third-order valence-electron chi connectivity index (χ3n) is 5.18. The van der Waals surface area contributed by atoms with Gasteiger partial charge in [-0.2, -0.15) is 0 Å². The van der Waals surface area contributed by atoms with Gasteiger partial charge in [-0.05, 0) is 55.4 Å². The van der Waals surface area contributed by atoms with Crippen molar-refractivity contribution in [2.24, 2.45) is 0 Å². The second kappa shape index (κ2) is 7.31. The number of fused-ring (bicyclic) bond motifs is 1. The maximum atomic E-state index is 13.1. The molecular formula is C20H23N3O2. The number of rotatable bonds is 4. The Morgan fingerprint density at radius 3 is 3.04 bits per heavy atom. The van der Waals surface area contributed by atoms with Gasteiger partial charge in [-0.1, -0.05) is 6.07 Å². The lowest BCUT2D eigenvalue weighted by Crippen LogP contribution is -2.49. The first-order valence-corrected chi connectivity index (χ1v) is 9.06. The van der Waals surface area contributed by atoms with Gasteiger partial charge in [0.05, 0.1) is 24.9 Å². The van der Waals surface area contributed by atoms with Crippen LogP contribution in [0.15, 0.2) is 36.8 Å². The van der Waals surface area contributed by atoms with Crippen molar-refractivity contribution in [2.75, 3.05) is 19.8 Å². The van der Waals surface area contributed by atoms with Crippen LogP contribution in [0, 0.1) is 0 Å². The summed E-state index contributed by atoms with van der Waals surface area (Å²) >= 11 is 0. The van der Waals surface area contributed by atoms with Crippen LogP contribution in [0.25, 0.3) is 0 Å². The van der Waals surface area contributed by atoms with Gasteiger partial charge in [0.2, 0.25) is 0 Å². The molecule has 0 radical (unpaired) electrons. The molecule has 1 amide bonds. The largest absolute Gasteiger partial charge is 0.377 e. The Hall–Kier alpha value is -2.27. The van der Waals surface area contributed by atoms with Crippen LogP contribution in [0.1, 0.15) is 40.0 Å². The van der Waals surface area contributed by atoms with Gasteiger partial charge in [-0.25, -0.2) is 0 Å². The number of nitrogens with zero attached hydrogens (tertiary/aromatic N) is 3. The van der Waals surface area contributed by atoms with Crippen molar-refractivity contribution in [3.8, 4) is 0 Å². The molecule has 0 saturated carbocycles. The topological polar surface area (TPSA) is 55.3 Å². The molecule has 1 fully saturated rings. The lowest BCUT2D eigenvalue weighted by molar-refractivity contribution is -0.00413. The number of aromatic nitrogens is 2. The summed E-state index contributed by atoms with van der Waals surface area (Å²) in [6, 6.07) is 6.31. The van der Waals surface area contributed by atoms with E-state index in [-0.39, 0.29) is 11.9 Å². The zero-order valence-electron chi connectivity index (χ0n) is 14.4. The molecule has 130 valence electrons. The van der Waals surface area contributed by atoms with Crippen LogP contribution in [-0.2, 0) is 24.0 Å². The summed E-state index contributed by atoms with van der Waals surface area (Å²) in [5, 5.41) is 0. The van der Waals surface area contributed by atoms with Gasteiger partial charge in [0.1, 0.15) is 0 Å². The van der Waals surface area contributed by atoms with Crippen LogP contribution in [-0.4, -0.2) is 46.6 Å². The van der Waals surface area contributed by atoms with E-state index in [2.05, 4.69) is 22.1 Å². The van der Waals surface area contributed by atoms with Gasteiger partial charge in [0.25, 0.3) is 5.91 Å². The number of ether oxygens (including phenoxy) is 1. The van der Waals surface area contributed by atoms with Crippen molar-refractivity contribution < 1.29 is 9.53 Å². The fraction of sp³-hybridized carbons (Fsp3) is 0.450. The number of morpholine rings is 1. The average molecular weight is 337 g/mol. The second-order valence-corrected chi connectivity index (χ2v) is 6.80. The van der Waals surface area contributed by atoms with E-state index in [9.17, 15) is 4.79 Å². The van der Waals surface area contributed by atoms with E-state index in [4.69, 9.17) is 4.74 Å². The predicted molar refractivity (Wildman–Crippen MR) is 94.5 cm³/mol. The molecule has 25 heavy (non-hydrogen) atoms. The summed E-state index contributed by atoms with van der Waals surface area (Å²) in [4.78, 5) is 23.5. The molecule has 2 aliphatic rings. The summed E-state index contributed by atoms with van der Waals surface area (Å²) < 4.78 is 5.63. The molecule has 1 aromatic carbocycles. The lowest BCUT2D eigenvalue weighted by Gasteiger charge is -2.36. The lowest BCUT2D eigenvalue weighted by atomic mass is 10.0. The maximum absolute atomic E-state index is 13.1. The standard InChI is InChI=1S/C20H23N3O2/c24-20(17-5-4-15-2-1-3-16(15)12-17)23-10-11-25-14-19(23)7-6-18-13-21-8-9-22-18/h4-5,8-9,12-13,19H,1-3,6-7,10-11,14H2/t19-/m0/s1. The quantitative estimate of drug-likeness (QED) is 0.860. The number of hydrogen-bond donors (Lipinski definition) is 0. The minimum Gasteiger partial charge on any atom is -0.377 e. The number of hydrogen-bond acceptors (Lipinski definition) is 4. The highest BCUT2D eigenvalue weighted by atomic mass is 16.5. The number of carbonyl (C=O) groups excluding carboxylic acids is 1. The molecule has 1 aliphatic heterocycles. The van der Waals surface area contributed by atoms with Crippen LogP contribution in [0.4, 0.5) is 0 Å². The normalized spacial score (nSPS) is 19.7. The third-order valence-corrected chi connectivity index (χ3v) is 5.18. The Morgan fingerprint density at radius 2 is 2.16 bits per heavy atom. The van der Waals surface area contributed by atoms with E-state index in [0.717, 1.165) is 36.9 Å². The molecule has 1 aromatic heterocycles. The summed E-state index contributed by atoms with van der Waals surface area (Å²) in [5.41, 5.74) is 4.51. The fourth-order valence-corrected chi connectivity index (χ4v) is 3.81. The van der Waals surface area contributed by atoms with Gasteiger partial charge in [0.15, 0.2) is 0 Å². The zero-order valence-corrected chi connectivity index (χ0v) is 14.4. The Kier molecular flexibility index (Phi) is 4.74. The van der Waals surface area contributed by atoms with Crippen LogP contribution >= 0.6 is 0 Å².